The van der Waals surface area contributed by atoms with Crippen LogP contribution >= 0.6 is 0 Å². The van der Waals surface area contributed by atoms with Crippen molar-refractivity contribution in [2.24, 2.45) is 52.3 Å². The van der Waals surface area contributed by atoms with E-state index < -0.39 is 0 Å². The molecule has 168 valence electrons. The lowest BCUT2D eigenvalue weighted by atomic mass is 9.44. The second-order valence-electron chi connectivity index (χ2n) is 12.8. The van der Waals surface area contributed by atoms with Crippen molar-refractivity contribution < 1.29 is 10.2 Å². The molecule has 6 unspecified atom stereocenters. The van der Waals surface area contributed by atoms with Crippen molar-refractivity contribution in [3.05, 3.63) is 0 Å². The van der Waals surface area contributed by atoms with E-state index in [9.17, 15) is 10.2 Å². The zero-order valence-electron chi connectivity index (χ0n) is 19.9. The Morgan fingerprint density at radius 3 is 2.21 bits per heavy atom. The van der Waals surface area contributed by atoms with Crippen molar-refractivity contribution in [1.82, 2.24) is 0 Å². The van der Waals surface area contributed by atoms with Crippen molar-refractivity contribution in [2.45, 2.75) is 117 Å². The van der Waals surface area contributed by atoms with E-state index in [-0.39, 0.29) is 17.6 Å². The molecule has 0 aliphatic heterocycles. The fraction of sp³-hybridized carbons (Fsp3) is 1.00. The Balaban J connectivity index is 1.50. The lowest BCUT2D eigenvalue weighted by Gasteiger charge is -2.62. The van der Waals surface area contributed by atoms with Crippen LogP contribution in [0.15, 0.2) is 0 Å². The predicted octanol–water partition coefficient (Wildman–Crippen LogP) is 6.44. The number of aliphatic hydroxyl groups excluding tert-OH is 2. The lowest BCUT2D eigenvalue weighted by molar-refractivity contribution is -0.172. The van der Waals surface area contributed by atoms with Crippen LogP contribution in [-0.4, -0.2) is 22.4 Å². The molecule has 4 rings (SSSR count). The Morgan fingerprint density at radius 2 is 1.48 bits per heavy atom. The van der Waals surface area contributed by atoms with Gasteiger partial charge in [-0.15, -0.1) is 0 Å². The highest BCUT2D eigenvalue weighted by Crippen LogP contribution is 2.68. The Labute approximate surface area is 180 Å². The van der Waals surface area contributed by atoms with E-state index in [0.29, 0.717) is 17.3 Å². The molecule has 29 heavy (non-hydrogen) atoms. The van der Waals surface area contributed by atoms with E-state index in [4.69, 9.17) is 0 Å². The maximum atomic E-state index is 11.2. The molecule has 4 aliphatic carbocycles. The Hall–Kier alpha value is -0.0800. The normalized spacial score (nSPS) is 50.7. The van der Waals surface area contributed by atoms with Crippen molar-refractivity contribution in [3.8, 4) is 0 Å². The summed E-state index contributed by atoms with van der Waals surface area (Å²) in [5.74, 6) is 5.20. The zero-order chi connectivity index (χ0) is 21.0. The van der Waals surface area contributed by atoms with E-state index in [1.54, 1.807) is 0 Å². The van der Waals surface area contributed by atoms with E-state index in [1.807, 2.05) is 0 Å². The van der Waals surface area contributed by atoms with Crippen LogP contribution in [0.1, 0.15) is 105 Å². The average molecular weight is 405 g/mol. The van der Waals surface area contributed by atoms with E-state index in [2.05, 4.69) is 34.6 Å². The predicted molar refractivity (Wildman–Crippen MR) is 120 cm³/mol. The molecular weight excluding hydrogens is 356 g/mol. The number of rotatable bonds is 5. The zero-order valence-corrected chi connectivity index (χ0v) is 19.9. The number of aliphatic hydroxyl groups is 2. The molecular formula is C27H48O2. The van der Waals surface area contributed by atoms with E-state index in [0.717, 1.165) is 55.3 Å². The molecule has 0 heterocycles. The van der Waals surface area contributed by atoms with Crippen LogP contribution in [-0.2, 0) is 0 Å². The van der Waals surface area contributed by atoms with Crippen molar-refractivity contribution in [2.75, 3.05) is 0 Å². The third-order valence-corrected chi connectivity index (χ3v) is 10.9. The summed E-state index contributed by atoms with van der Waals surface area (Å²) in [6.07, 6.45) is 13.3. The van der Waals surface area contributed by atoms with Crippen LogP contribution in [0, 0.1) is 52.3 Å². The first-order valence-electron chi connectivity index (χ1n) is 13.0. The van der Waals surface area contributed by atoms with Gasteiger partial charge in [0.1, 0.15) is 0 Å². The Morgan fingerprint density at radius 1 is 0.793 bits per heavy atom. The summed E-state index contributed by atoms with van der Waals surface area (Å²) in [7, 11) is 0. The standard InChI is InChI=1S/C27H48O2/c1-17(2)7-6-8-18(3)21-9-10-22-20-16-25(29)24-15-19(28)11-13-27(24,5)23(20)12-14-26(21,22)4/h17-25,28-29H,6-16H2,1-5H3/t18?,19-,20?,21+,22?,23?,24?,25?,26+,27+/m0/s1. The molecule has 4 saturated carbocycles. The van der Waals surface area contributed by atoms with E-state index in [1.165, 1.54) is 44.9 Å². The maximum Gasteiger partial charge on any atom is 0.0577 e. The molecule has 0 saturated heterocycles. The summed E-state index contributed by atoms with van der Waals surface area (Å²) in [4.78, 5) is 0. The first kappa shape index (κ1) is 22.1. The van der Waals surface area contributed by atoms with Crippen LogP contribution in [0.5, 0.6) is 0 Å². The van der Waals surface area contributed by atoms with Crippen LogP contribution in [0.2, 0.25) is 0 Å². The minimum Gasteiger partial charge on any atom is -0.393 e. The van der Waals surface area contributed by atoms with Gasteiger partial charge in [0, 0.05) is 0 Å². The minimum absolute atomic E-state index is 0.185. The highest BCUT2D eigenvalue weighted by molar-refractivity contribution is 5.11. The van der Waals surface area contributed by atoms with Gasteiger partial charge >= 0.3 is 0 Å². The van der Waals surface area contributed by atoms with Crippen LogP contribution in [0.4, 0.5) is 0 Å². The monoisotopic (exact) mass is 404 g/mol. The first-order valence-corrected chi connectivity index (χ1v) is 13.0. The number of hydrogen-bond acceptors (Lipinski definition) is 2. The summed E-state index contributed by atoms with van der Waals surface area (Å²) >= 11 is 0. The molecule has 10 atom stereocenters. The van der Waals surface area contributed by atoms with Crippen molar-refractivity contribution >= 4 is 0 Å². The Kier molecular flexibility index (Phi) is 6.19. The summed E-state index contributed by atoms with van der Waals surface area (Å²) < 4.78 is 0. The van der Waals surface area contributed by atoms with Gasteiger partial charge in [0.2, 0.25) is 0 Å². The summed E-state index contributed by atoms with van der Waals surface area (Å²) in [5, 5.41) is 21.4. The van der Waals surface area contributed by atoms with Gasteiger partial charge < -0.3 is 10.2 Å². The molecule has 0 bridgehead atoms. The van der Waals surface area contributed by atoms with Crippen molar-refractivity contribution in [3.63, 3.8) is 0 Å². The maximum absolute atomic E-state index is 11.2. The summed E-state index contributed by atoms with van der Waals surface area (Å²) in [5.41, 5.74) is 0.749. The molecule has 2 N–H and O–H groups in total. The van der Waals surface area contributed by atoms with Gasteiger partial charge in [-0.25, -0.2) is 0 Å². The molecule has 2 nitrogen and oxygen atoms in total. The van der Waals surface area contributed by atoms with Gasteiger partial charge in [0.15, 0.2) is 0 Å². The fourth-order valence-corrected chi connectivity index (χ4v) is 9.30. The number of hydrogen-bond donors (Lipinski definition) is 2. The third-order valence-electron chi connectivity index (χ3n) is 10.9. The topological polar surface area (TPSA) is 40.5 Å². The largest absolute Gasteiger partial charge is 0.393 e. The highest BCUT2D eigenvalue weighted by Gasteiger charge is 2.62. The lowest BCUT2D eigenvalue weighted by Crippen LogP contribution is -2.58. The minimum atomic E-state index is -0.193. The smallest absolute Gasteiger partial charge is 0.0577 e. The Bertz CT molecular complexity index is 573. The third kappa shape index (κ3) is 3.73. The molecule has 0 radical (unpaired) electrons. The van der Waals surface area contributed by atoms with Crippen LogP contribution < -0.4 is 0 Å². The SMILES string of the molecule is CC(C)CCCC(C)[C@H]1CCC2C3CC(O)C4C[C@@H](O)CC[C@]4(C)C3CC[C@@]21C. The van der Waals surface area contributed by atoms with Gasteiger partial charge in [0.05, 0.1) is 12.2 Å². The molecule has 0 aromatic carbocycles. The van der Waals surface area contributed by atoms with Gasteiger partial charge in [-0.1, -0.05) is 53.9 Å². The highest BCUT2D eigenvalue weighted by atomic mass is 16.3. The molecule has 0 aromatic heterocycles. The second-order valence-corrected chi connectivity index (χ2v) is 12.8. The van der Waals surface area contributed by atoms with Gasteiger partial charge in [-0.2, -0.15) is 0 Å². The second kappa shape index (κ2) is 8.12. The molecule has 0 spiro atoms. The quantitative estimate of drug-likeness (QED) is 0.553. The number of fused-ring (bicyclic) bond motifs is 5. The molecule has 0 amide bonds. The molecule has 0 aromatic rings. The van der Waals surface area contributed by atoms with Crippen LogP contribution in [0.25, 0.3) is 0 Å². The van der Waals surface area contributed by atoms with Crippen LogP contribution in [0.3, 0.4) is 0 Å². The summed E-state index contributed by atoms with van der Waals surface area (Å²) in [6, 6.07) is 0. The molecule has 4 aliphatic rings. The molecule has 4 fully saturated rings. The first-order chi connectivity index (χ1) is 13.7. The van der Waals surface area contributed by atoms with Crippen molar-refractivity contribution in [1.29, 1.82) is 0 Å². The van der Waals surface area contributed by atoms with E-state index >= 15 is 0 Å². The van der Waals surface area contributed by atoms with Gasteiger partial charge in [0.25, 0.3) is 0 Å². The summed E-state index contributed by atoms with van der Waals surface area (Å²) in [6.45, 7) is 12.4. The molecule has 2 heteroatoms. The fourth-order valence-electron chi connectivity index (χ4n) is 9.30. The van der Waals surface area contributed by atoms with Gasteiger partial charge in [-0.05, 0) is 104 Å². The average Bonchev–Trinajstić information content (AvgIpc) is 3.00. The van der Waals surface area contributed by atoms with Gasteiger partial charge in [-0.3, -0.25) is 0 Å².